The molecule has 0 fully saturated rings. The number of ether oxygens (including phenoxy) is 4. The normalized spacial score (nSPS) is 14.6. The zero-order valence-corrected chi connectivity index (χ0v) is 65.5. The van der Waals surface area contributed by atoms with Crippen LogP contribution in [0.1, 0.15) is 310 Å². The van der Waals surface area contributed by atoms with E-state index < -0.39 is 97.5 Å². The molecule has 17 nitrogen and oxygen atoms in total. The Kier molecular flexibility index (Phi) is 71.0. The highest BCUT2D eigenvalue weighted by molar-refractivity contribution is 7.47. The first-order valence-corrected chi connectivity index (χ1v) is 42.4. The van der Waals surface area contributed by atoms with Gasteiger partial charge < -0.3 is 33.8 Å². The molecule has 0 saturated heterocycles. The number of aliphatic hydroxyl groups is 1. The van der Waals surface area contributed by atoms with E-state index in [1.165, 1.54) is 83.5 Å². The molecular formula is C83H140O17P2. The van der Waals surface area contributed by atoms with E-state index in [1.807, 2.05) is 24.3 Å². The van der Waals surface area contributed by atoms with Crippen molar-refractivity contribution in [2.24, 2.45) is 0 Å². The maximum Gasteiger partial charge on any atom is 0.472 e. The van der Waals surface area contributed by atoms with Gasteiger partial charge in [0.05, 0.1) is 26.4 Å². The number of phosphoric acid groups is 2. The van der Waals surface area contributed by atoms with Gasteiger partial charge in [0, 0.05) is 25.7 Å². The summed E-state index contributed by atoms with van der Waals surface area (Å²) < 4.78 is 68.4. The van der Waals surface area contributed by atoms with Crippen LogP contribution < -0.4 is 0 Å². The Morgan fingerprint density at radius 3 is 0.794 bits per heavy atom. The second kappa shape index (κ2) is 74.5. The number of phosphoric ester groups is 2. The molecule has 584 valence electrons. The van der Waals surface area contributed by atoms with Gasteiger partial charge in [-0.3, -0.25) is 37.3 Å². The average molecular weight is 1470 g/mol. The number of carbonyl (C=O) groups excluding carboxylic acids is 4. The van der Waals surface area contributed by atoms with Gasteiger partial charge in [-0.25, -0.2) is 9.13 Å². The lowest BCUT2D eigenvalue weighted by Crippen LogP contribution is -2.30. The predicted octanol–water partition coefficient (Wildman–Crippen LogP) is 22.9. The molecule has 3 N–H and O–H groups in total. The Hall–Kier alpha value is -4.80. The number of unbranched alkanes of at least 4 members (excludes halogenated alkanes) is 25. The molecule has 102 heavy (non-hydrogen) atoms. The molecule has 0 aromatic carbocycles. The van der Waals surface area contributed by atoms with Crippen LogP contribution in [0.3, 0.4) is 0 Å². The van der Waals surface area contributed by atoms with Crippen LogP contribution in [0, 0.1) is 0 Å². The Labute approximate surface area is 618 Å². The molecule has 0 aliphatic carbocycles. The smallest absolute Gasteiger partial charge is 0.462 e. The van der Waals surface area contributed by atoms with Crippen molar-refractivity contribution in [3.8, 4) is 0 Å². The quantitative estimate of drug-likeness (QED) is 0.0169. The van der Waals surface area contributed by atoms with E-state index in [0.29, 0.717) is 38.5 Å². The summed E-state index contributed by atoms with van der Waals surface area (Å²) >= 11 is 0. The number of aliphatic hydroxyl groups excluding tert-OH is 1. The topological polar surface area (TPSA) is 237 Å². The molecule has 19 heteroatoms. The van der Waals surface area contributed by atoms with Gasteiger partial charge in [-0.05, 0) is 161 Å². The van der Waals surface area contributed by atoms with Crippen molar-refractivity contribution in [3.63, 3.8) is 0 Å². The Morgan fingerprint density at radius 1 is 0.275 bits per heavy atom. The Bertz CT molecular complexity index is 2460. The fraction of sp³-hybridized carbons (Fsp3) is 0.687. The summed E-state index contributed by atoms with van der Waals surface area (Å²) in [6, 6.07) is 0. The maximum atomic E-state index is 13.1. The molecule has 0 rings (SSSR count). The Balaban J connectivity index is 5.49. The van der Waals surface area contributed by atoms with E-state index in [0.717, 1.165) is 135 Å². The number of carbonyl (C=O) groups is 4. The molecule has 0 saturated carbocycles. The lowest BCUT2D eigenvalue weighted by molar-refractivity contribution is -0.161. The molecule has 2 unspecified atom stereocenters. The van der Waals surface area contributed by atoms with E-state index in [2.05, 4.69) is 137 Å². The monoisotopic (exact) mass is 1470 g/mol. The fourth-order valence-corrected chi connectivity index (χ4v) is 11.6. The van der Waals surface area contributed by atoms with E-state index >= 15 is 0 Å². The highest BCUT2D eigenvalue weighted by Crippen LogP contribution is 2.45. The summed E-state index contributed by atoms with van der Waals surface area (Å²) in [6.45, 7) is 4.62. The van der Waals surface area contributed by atoms with Crippen molar-refractivity contribution in [1.29, 1.82) is 0 Å². The minimum absolute atomic E-state index is 0.0116. The molecule has 0 amide bonds. The van der Waals surface area contributed by atoms with Crippen LogP contribution in [0.15, 0.2) is 134 Å². The molecule has 0 bridgehead atoms. The number of hydrogen-bond donors (Lipinski definition) is 3. The van der Waals surface area contributed by atoms with Gasteiger partial charge in [0.25, 0.3) is 0 Å². The van der Waals surface area contributed by atoms with Crippen LogP contribution >= 0.6 is 15.6 Å². The van der Waals surface area contributed by atoms with E-state index in [9.17, 15) is 43.2 Å². The van der Waals surface area contributed by atoms with E-state index in [1.54, 1.807) is 0 Å². The fourth-order valence-electron chi connectivity index (χ4n) is 9.99. The van der Waals surface area contributed by atoms with Crippen molar-refractivity contribution < 1.29 is 80.2 Å². The zero-order valence-electron chi connectivity index (χ0n) is 63.7. The van der Waals surface area contributed by atoms with Crippen molar-refractivity contribution in [3.05, 3.63) is 134 Å². The van der Waals surface area contributed by atoms with Gasteiger partial charge in [0.2, 0.25) is 0 Å². The first-order chi connectivity index (χ1) is 49.7. The van der Waals surface area contributed by atoms with Crippen LogP contribution in [0.25, 0.3) is 0 Å². The molecule has 5 atom stereocenters. The standard InChI is InChI=1S/C83H140O17P2/c1-5-9-13-17-21-25-29-33-36-38-41-45-49-53-57-61-65-69-82(87)99-78(73-93-80(85)67-63-59-55-51-47-43-32-28-24-20-16-12-8-4)75-97-101(89,90)95-71-77(84)72-96-102(91,92)98-76-79(74-94-81(86)68-64-60-56-52-48-44-40-35-31-27-23-19-15-11-7-3)100-83(88)70-66-62-58-54-50-46-42-39-37-34-30-26-22-18-14-10-6-2/h21-23,25-28,32-37,40-42,45-46,53-54,57-58,77-79,84H,5-20,24,29-31,38-39,43-44,47-52,55-56,59-76H2,1-4H3,(H,89,90)(H,91,92)/b25-21-,26-22-,27-23-,32-28-,36-33-,37-34-,40-35-,45-41-,46-42-,57-53-,58-54-/t77-,78-,79-/m1/s1. The molecule has 0 aromatic rings. The van der Waals surface area contributed by atoms with Gasteiger partial charge in [0.1, 0.15) is 19.3 Å². The largest absolute Gasteiger partial charge is 0.472 e. The SMILES string of the molecule is CCCCC/C=C\C/C=C\C/C=C\C/C=C\CCCC(=O)O[C@H](COC(=O)CCCCCCC/C=C\C/C=C\CCCCC)COP(=O)(O)OC[C@H](O)COP(=O)(O)OC[C@@H](COC(=O)CCCCCCC/C=C\CCCCCC)OC(=O)CCC/C=C\C/C=C\C/C=C\C/C=C\CCCCC. The lowest BCUT2D eigenvalue weighted by Gasteiger charge is -2.21. The molecule has 0 heterocycles. The zero-order chi connectivity index (χ0) is 74.6. The number of esters is 4. The molecule has 0 aliphatic rings. The molecular weight excluding hydrogens is 1330 g/mol. The van der Waals surface area contributed by atoms with Crippen LogP contribution in [-0.2, 0) is 65.4 Å². The minimum atomic E-state index is -5.00. The van der Waals surface area contributed by atoms with Crippen molar-refractivity contribution in [1.82, 2.24) is 0 Å². The third kappa shape index (κ3) is 73.5. The highest BCUT2D eigenvalue weighted by Gasteiger charge is 2.30. The third-order valence-corrected chi connectivity index (χ3v) is 18.0. The van der Waals surface area contributed by atoms with Crippen LogP contribution in [0.5, 0.6) is 0 Å². The van der Waals surface area contributed by atoms with Gasteiger partial charge >= 0.3 is 39.5 Å². The van der Waals surface area contributed by atoms with E-state index in [4.69, 9.17) is 37.0 Å². The summed E-state index contributed by atoms with van der Waals surface area (Å²) in [6.07, 6.45) is 83.0. The van der Waals surface area contributed by atoms with Gasteiger partial charge in [0.15, 0.2) is 12.2 Å². The second-order valence-electron chi connectivity index (χ2n) is 25.9. The molecule has 0 radical (unpaired) electrons. The van der Waals surface area contributed by atoms with E-state index in [-0.39, 0.29) is 25.7 Å². The van der Waals surface area contributed by atoms with Gasteiger partial charge in [-0.1, -0.05) is 258 Å². The van der Waals surface area contributed by atoms with Crippen LogP contribution in [0.4, 0.5) is 0 Å². The van der Waals surface area contributed by atoms with Gasteiger partial charge in [-0.2, -0.15) is 0 Å². The third-order valence-electron chi connectivity index (χ3n) is 16.1. The molecule has 0 spiro atoms. The summed E-state index contributed by atoms with van der Waals surface area (Å²) in [5.74, 6) is -2.33. The Morgan fingerprint density at radius 2 is 0.490 bits per heavy atom. The van der Waals surface area contributed by atoms with Crippen LogP contribution in [-0.4, -0.2) is 96.7 Å². The van der Waals surface area contributed by atoms with Crippen molar-refractivity contribution >= 4 is 39.5 Å². The summed E-state index contributed by atoms with van der Waals surface area (Å²) in [5.41, 5.74) is 0. The summed E-state index contributed by atoms with van der Waals surface area (Å²) in [5, 5.41) is 10.6. The first kappa shape index (κ1) is 97.2. The molecule has 0 aliphatic heterocycles. The van der Waals surface area contributed by atoms with Crippen molar-refractivity contribution in [2.45, 2.75) is 329 Å². The average Bonchev–Trinajstić information content (AvgIpc) is 0.966. The van der Waals surface area contributed by atoms with Crippen LogP contribution in [0.2, 0.25) is 0 Å². The highest BCUT2D eigenvalue weighted by atomic mass is 31.2. The molecule has 0 aromatic heterocycles. The summed E-state index contributed by atoms with van der Waals surface area (Å²) in [4.78, 5) is 72.9. The number of allylic oxidation sites excluding steroid dienone is 22. The first-order valence-electron chi connectivity index (χ1n) is 39.4. The maximum absolute atomic E-state index is 13.1. The number of hydrogen-bond acceptors (Lipinski definition) is 15. The second-order valence-corrected chi connectivity index (χ2v) is 28.8. The van der Waals surface area contributed by atoms with Gasteiger partial charge in [-0.15, -0.1) is 0 Å². The number of rotatable bonds is 73. The lowest BCUT2D eigenvalue weighted by atomic mass is 10.1. The summed E-state index contributed by atoms with van der Waals surface area (Å²) in [7, 11) is -10.0. The predicted molar refractivity (Wildman–Crippen MR) is 418 cm³/mol. The minimum Gasteiger partial charge on any atom is -0.462 e. The van der Waals surface area contributed by atoms with Crippen molar-refractivity contribution in [2.75, 3.05) is 39.6 Å².